The third-order valence-corrected chi connectivity index (χ3v) is 7.28. The molecule has 3 saturated heterocycles. The smallest absolute Gasteiger partial charge is 0.165 e. The summed E-state index contributed by atoms with van der Waals surface area (Å²) in [5.74, 6) is 2.75. The molecule has 3 aliphatic heterocycles. The van der Waals surface area contributed by atoms with Crippen LogP contribution in [-0.4, -0.2) is 68.2 Å². The van der Waals surface area contributed by atoms with Crippen molar-refractivity contribution in [2.75, 3.05) is 39.6 Å². The normalized spacial score (nSPS) is 17.0. The maximum absolute atomic E-state index is 10.0. The minimum atomic E-state index is 0.200. The van der Waals surface area contributed by atoms with Crippen LogP contribution in [0.2, 0.25) is 0 Å². The van der Waals surface area contributed by atoms with E-state index in [-0.39, 0.29) is 23.7 Å². The van der Waals surface area contributed by atoms with Crippen molar-refractivity contribution in [3.63, 3.8) is 0 Å². The molecule has 3 heterocycles. The van der Waals surface area contributed by atoms with Gasteiger partial charge in [0.05, 0.1) is 19.8 Å². The molecule has 3 unspecified atom stereocenters. The zero-order valence-corrected chi connectivity index (χ0v) is 32.0. The number of fused-ring (bicyclic) bond motifs is 2. The van der Waals surface area contributed by atoms with Gasteiger partial charge in [-0.15, -0.1) is 0 Å². The van der Waals surface area contributed by atoms with Gasteiger partial charge in [0.15, 0.2) is 11.5 Å². The minimum Gasteiger partial charge on any atom is -0.507 e. The number of ether oxygens (including phenoxy) is 6. The number of rotatable bonds is 9. The lowest BCUT2D eigenvalue weighted by Gasteiger charge is -2.08. The van der Waals surface area contributed by atoms with Crippen LogP contribution in [0, 0.1) is 6.92 Å². The van der Waals surface area contributed by atoms with Gasteiger partial charge in [-0.3, -0.25) is 0 Å². The molecule has 3 atom stereocenters. The third-order valence-electron chi connectivity index (χ3n) is 7.28. The van der Waals surface area contributed by atoms with Gasteiger partial charge in [-0.25, -0.2) is 0 Å². The zero-order chi connectivity index (χ0) is 37.7. The second-order valence-electron chi connectivity index (χ2n) is 12.3. The number of phenolic OH excluding ortho intramolecular Hbond substituents is 2. The van der Waals surface area contributed by atoms with Crippen molar-refractivity contribution >= 4 is 21.5 Å². The highest BCUT2D eigenvalue weighted by Crippen LogP contribution is 2.34. The molecule has 0 bridgehead atoms. The number of phenols is 2. The standard InChI is InChI=1S/2C13H12O3.C10H12O2.2C3H8.C2H6/c14-13-3-1-2-9-4-5-10(6-12(9)13)15-7-11-8-16-11;14-13-11-4-2-1-3-9(11)5-6-12(13)16-8-10-7-15-10;1-8-4-2-3-5-10(8)12-7-9-6-11-9;2*1-3-2;1-2/h1-6,11,14H,7-8H2;1-6,10,14H,7-8H2;2-5,9H,6-7H2,1H3;2*3H2,1-2H3;1-2H3. The fourth-order valence-electron chi connectivity index (χ4n) is 4.44. The van der Waals surface area contributed by atoms with Crippen molar-refractivity contribution < 1.29 is 38.6 Å². The predicted octanol–water partition coefficient (Wildman–Crippen LogP) is 10.3. The molecule has 8 nitrogen and oxygen atoms in total. The van der Waals surface area contributed by atoms with Crippen molar-refractivity contribution in [2.24, 2.45) is 0 Å². The fourth-order valence-corrected chi connectivity index (χ4v) is 4.44. The molecule has 0 aliphatic carbocycles. The van der Waals surface area contributed by atoms with Crippen LogP contribution in [0.1, 0.15) is 59.9 Å². The van der Waals surface area contributed by atoms with Gasteiger partial charge in [0.1, 0.15) is 55.4 Å². The number of aryl methyl sites for hydroxylation is 1. The Morgan fingerprint density at radius 2 is 1.04 bits per heavy atom. The largest absolute Gasteiger partial charge is 0.507 e. The van der Waals surface area contributed by atoms with Gasteiger partial charge in [-0.1, -0.05) is 121 Å². The van der Waals surface area contributed by atoms with E-state index in [0.29, 0.717) is 31.7 Å². The number of hydrogen-bond donors (Lipinski definition) is 2. The van der Waals surface area contributed by atoms with Crippen LogP contribution in [0.3, 0.4) is 0 Å². The van der Waals surface area contributed by atoms with E-state index >= 15 is 0 Å². The molecule has 3 fully saturated rings. The van der Waals surface area contributed by atoms with Crippen molar-refractivity contribution in [3.05, 3.63) is 103 Å². The molecule has 0 aromatic heterocycles. The molecule has 2 N–H and O–H groups in total. The lowest BCUT2D eigenvalue weighted by Crippen LogP contribution is -2.04. The maximum Gasteiger partial charge on any atom is 0.165 e. The first-order valence-corrected chi connectivity index (χ1v) is 18.6. The highest BCUT2D eigenvalue weighted by molar-refractivity contribution is 5.90. The Labute approximate surface area is 310 Å². The van der Waals surface area contributed by atoms with Crippen LogP contribution in [0.4, 0.5) is 0 Å². The van der Waals surface area contributed by atoms with E-state index in [2.05, 4.69) is 27.7 Å². The van der Waals surface area contributed by atoms with Crippen LogP contribution in [0.15, 0.2) is 97.1 Å². The maximum atomic E-state index is 10.0. The van der Waals surface area contributed by atoms with Crippen LogP contribution < -0.4 is 14.2 Å². The van der Waals surface area contributed by atoms with Gasteiger partial charge in [0, 0.05) is 10.8 Å². The number of para-hydroxylation sites is 1. The summed E-state index contributed by atoms with van der Waals surface area (Å²) in [6.45, 7) is 18.7. The second kappa shape index (κ2) is 23.1. The SMILES string of the molecule is CC.CCC.CCC.Cc1ccccc1OCC1CO1.Oc1c(OCC2CO2)ccc2ccccc12.Oc1cccc2ccc(OCC3CO3)cc12. The van der Waals surface area contributed by atoms with E-state index < -0.39 is 0 Å². The first kappa shape index (κ1) is 41.9. The molecular formula is C44H58O8. The average molecular weight is 715 g/mol. The number of hydrogen-bond acceptors (Lipinski definition) is 8. The monoisotopic (exact) mass is 714 g/mol. The summed E-state index contributed by atoms with van der Waals surface area (Å²) in [4.78, 5) is 0. The van der Waals surface area contributed by atoms with E-state index in [1.165, 1.54) is 18.4 Å². The lowest BCUT2D eigenvalue weighted by atomic mass is 10.1. The van der Waals surface area contributed by atoms with Crippen LogP contribution in [-0.2, 0) is 14.2 Å². The third kappa shape index (κ3) is 15.0. The first-order chi connectivity index (χ1) is 25.4. The highest BCUT2D eigenvalue weighted by Gasteiger charge is 2.24. The summed E-state index contributed by atoms with van der Waals surface area (Å²) in [6, 6.07) is 30.6. The molecule has 8 heteroatoms. The topological polar surface area (TPSA) is 106 Å². The van der Waals surface area contributed by atoms with Gasteiger partial charge < -0.3 is 38.6 Å². The molecule has 0 amide bonds. The van der Waals surface area contributed by atoms with Crippen LogP contribution in [0.25, 0.3) is 21.5 Å². The van der Waals surface area contributed by atoms with E-state index in [0.717, 1.165) is 52.9 Å². The number of benzene rings is 5. The molecule has 52 heavy (non-hydrogen) atoms. The van der Waals surface area contributed by atoms with Crippen LogP contribution >= 0.6 is 0 Å². The van der Waals surface area contributed by atoms with E-state index in [1.807, 2.05) is 106 Å². The molecule has 5 aromatic carbocycles. The van der Waals surface area contributed by atoms with Crippen LogP contribution in [0.5, 0.6) is 28.7 Å². The van der Waals surface area contributed by atoms with Crippen molar-refractivity contribution in [2.45, 2.75) is 79.6 Å². The molecule has 3 aliphatic rings. The summed E-state index contributed by atoms with van der Waals surface area (Å²) >= 11 is 0. The van der Waals surface area contributed by atoms with E-state index in [4.69, 9.17) is 28.4 Å². The Morgan fingerprint density at radius 1 is 0.558 bits per heavy atom. The minimum absolute atomic E-state index is 0.200. The molecule has 0 spiro atoms. The van der Waals surface area contributed by atoms with Gasteiger partial charge in [-0.2, -0.15) is 0 Å². The van der Waals surface area contributed by atoms with Gasteiger partial charge in [-0.05, 0) is 53.6 Å². The molecule has 8 rings (SSSR count). The van der Waals surface area contributed by atoms with Crippen molar-refractivity contribution in [3.8, 4) is 28.7 Å². The number of epoxide rings is 3. The summed E-state index contributed by atoms with van der Waals surface area (Å²) in [5.41, 5.74) is 1.18. The average Bonchev–Trinajstić information content (AvgIpc) is 4.01. The Balaban J connectivity index is 0.000000193. The highest BCUT2D eigenvalue weighted by atomic mass is 16.6. The van der Waals surface area contributed by atoms with Crippen molar-refractivity contribution in [1.29, 1.82) is 0 Å². The lowest BCUT2D eigenvalue weighted by molar-refractivity contribution is 0.255. The Kier molecular flexibility index (Phi) is 18.7. The summed E-state index contributed by atoms with van der Waals surface area (Å²) in [6.07, 6.45) is 3.29. The quantitative estimate of drug-likeness (QED) is 0.145. The molecular weight excluding hydrogens is 656 g/mol. The van der Waals surface area contributed by atoms with Gasteiger partial charge >= 0.3 is 0 Å². The van der Waals surface area contributed by atoms with Crippen molar-refractivity contribution in [1.82, 2.24) is 0 Å². The zero-order valence-electron chi connectivity index (χ0n) is 32.0. The Morgan fingerprint density at radius 3 is 1.63 bits per heavy atom. The second-order valence-corrected chi connectivity index (χ2v) is 12.3. The molecule has 0 radical (unpaired) electrons. The molecule has 5 aromatic rings. The van der Waals surface area contributed by atoms with E-state index in [9.17, 15) is 10.2 Å². The number of aromatic hydroxyl groups is 2. The Bertz CT molecular complexity index is 1710. The molecule has 282 valence electrons. The van der Waals surface area contributed by atoms with Gasteiger partial charge in [0.25, 0.3) is 0 Å². The summed E-state index contributed by atoms with van der Waals surface area (Å²) in [7, 11) is 0. The predicted molar refractivity (Wildman–Crippen MR) is 211 cm³/mol. The summed E-state index contributed by atoms with van der Waals surface area (Å²) in [5, 5.41) is 23.4. The molecule has 0 saturated carbocycles. The first-order valence-electron chi connectivity index (χ1n) is 18.6. The van der Waals surface area contributed by atoms with Gasteiger partial charge in [0.2, 0.25) is 0 Å². The fraction of sp³-hybridized carbons (Fsp3) is 0.409. The Hall–Kier alpha value is -4.50. The van der Waals surface area contributed by atoms with E-state index in [1.54, 1.807) is 12.1 Å². The summed E-state index contributed by atoms with van der Waals surface area (Å²) < 4.78 is 31.7.